The van der Waals surface area contributed by atoms with Crippen LogP contribution in [0.3, 0.4) is 0 Å². The standard InChI is InChI=1S/C17H21N3O3S/c1-4-11-8-9-12(24(3,22)23)10-14(11)17(21)18-16-13-6-5-7-15(13)19-20(16)2/h8-10H,4-7H2,1-3H3,(H,18,21). The van der Waals surface area contributed by atoms with Crippen LogP contribution in [-0.2, 0) is 36.1 Å². The first-order chi connectivity index (χ1) is 11.3. The number of nitrogens with one attached hydrogen (secondary N) is 1. The summed E-state index contributed by atoms with van der Waals surface area (Å²) in [6, 6.07) is 4.71. The van der Waals surface area contributed by atoms with Crippen LogP contribution in [0.2, 0.25) is 0 Å². The molecule has 0 unspecified atom stereocenters. The zero-order valence-electron chi connectivity index (χ0n) is 14.1. The van der Waals surface area contributed by atoms with Gasteiger partial charge in [-0.2, -0.15) is 5.10 Å². The Morgan fingerprint density at radius 3 is 2.75 bits per heavy atom. The first-order valence-electron chi connectivity index (χ1n) is 8.00. The van der Waals surface area contributed by atoms with E-state index in [-0.39, 0.29) is 10.8 Å². The molecule has 1 aromatic carbocycles. The molecule has 0 atom stereocenters. The number of sulfone groups is 1. The number of amides is 1. The highest BCUT2D eigenvalue weighted by Crippen LogP contribution is 2.28. The van der Waals surface area contributed by atoms with Crippen LogP contribution < -0.4 is 5.32 Å². The zero-order chi connectivity index (χ0) is 17.5. The van der Waals surface area contributed by atoms with Gasteiger partial charge in [0.25, 0.3) is 5.91 Å². The minimum Gasteiger partial charge on any atom is -0.307 e. The van der Waals surface area contributed by atoms with Gasteiger partial charge in [-0.25, -0.2) is 8.42 Å². The molecule has 1 N–H and O–H groups in total. The number of carbonyl (C=O) groups excluding carboxylic acids is 1. The van der Waals surface area contributed by atoms with Crippen LogP contribution in [-0.4, -0.2) is 30.4 Å². The molecular formula is C17H21N3O3S. The Labute approximate surface area is 141 Å². The van der Waals surface area contributed by atoms with E-state index in [0.29, 0.717) is 17.8 Å². The molecule has 0 fully saturated rings. The van der Waals surface area contributed by atoms with Gasteiger partial charge in [-0.3, -0.25) is 9.48 Å². The summed E-state index contributed by atoms with van der Waals surface area (Å²) in [6.07, 6.45) is 4.68. The van der Waals surface area contributed by atoms with Crippen molar-refractivity contribution in [2.24, 2.45) is 7.05 Å². The Bertz CT molecular complexity index is 913. The molecule has 24 heavy (non-hydrogen) atoms. The number of fused-ring (bicyclic) bond motifs is 1. The van der Waals surface area contributed by atoms with Gasteiger partial charge in [0.2, 0.25) is 0 Å². The molecule has 7 heteroatoms. The predicted octanol–water partition coefficient (Wildman–Crippen LogP) is 2.13. The smallest absolute Gasteiger partial charge is 0.257 e. The molecule has 3 rings (SSSR count). The van der Waals surface area contributed by atoms with Crippen LogP contribution in [0.4, 0.5) is 5.82 Å². The normalized spacial score (nSPS) is 13.8. The lowest BCUT2D eigenvalue weighted by atomic mass is 10.0. The van der Waals surface area contributed by atoms with Crippen molar-refractivity contribution in [3.8, 4) is 0 Å². The summed E-state index contributed by atoms with van der Waals surface area (Å²) in [4.78, 5) is 12.9. The van der Waals surface area contributed by atoms with E-state index in [9.17, 15) is 13.2 Å². The maximum absolute atomic E-state index is 12.8. The molecule has 1 aliphatic carbocycles. The number of nitrogens with zero attached hydrogens (tertiary/aromatic N) is 2. The molecule has 6 nitrogen and oxygen atoms in total. The number of carbonyl (C=O) groups is 1. The number of aromatic nitrogens is 2. The van der Waals surface area contributed by atoms with E-state index in [1.807, 2.05) is 14.0 Å². The highest BCUT2D eigenvalue weighted by atomic mass is 32.2. The van der Waals surface area contributed by atoms with Crippen molar-refractivity contribution in [1.29, 1.82) is 0 Å². The van der Waals surface area contributed by atoms with Crippen molar-refractivity contribution in [2.45, 2.75) is 37.5 Å². The topological polar surface area (TPSA) is 81.1 Å². The first-order valence-corrected chi connectivity index (χ1v) is 9.89. The van der Waals surface area contributed by atoms with E-state index >= 15 is 0 Å². The lowest BCUT2D eigenvalue weighted by Crippen LogP contribution is -2.18. The molecule has 1 heterocycles. The predicted molar refractivity (Wildman–Crippen MR) is 92.1 cm³/mol. The quantitative estimate of drug-likeness (QED) is 0.919. The van der Waals surface area contributed by atoms with Gasteiger partial charge in [-0.1, -0.05) is 13.0 Å². The molecule has 1 amide bonds. The summed E-state index contributed by atoms with van der Waals surface area (Å²) in [5.41, 5.74) is 3.34. The second-order valence-corrected chi connectivity index (χ2v) is 8.17. The van der Waals surface area contributed by atoms with Gasteiger partial charge >= 0.3 is 0 Å². The van der Waals surface area contributed by atoms with Crippen LogP contribution in [0.25, 0.3) is 0 Å². The van der Waals surface area contributed by atoms with Crippen molar-refractivity contribution >= 4 is 21.6 Å². The number of hydrogen-bond donors (Lipinski definition) is 1. The maximum Gasteiger partial charge on any atom is 0.257 e. The Kier molecular flexibility index (Phi) is 4.21. The molecule has 0 saturated carbocycles. The number of aryl methyl sites for hydroxylation is 3. The van der Waals surface area contributed by atoms with E-state index in [2.05, 4.69) is 10.4 Å². The van der Waals surface area contributed by atoms with Crippen molar-refractivity contribution in [3.63, 3.8) is 0 Å². The largest absolute Gasteiger partial charge is 0.307 e. The molecule has 1 aromatic heterocycles. The Balaban J connectivity index is 1.98. The highest BCUT2D eigenvalue weighted by Gasteiger charge is 2.23. The van der Waals surface area contributed by atoms with E-state index in [1.54, 1.807) is 16.8 Å². The van der Waals surface area contributed by atoms with Crippen molar-refractivity contribution < 1.29 is 13.2 Å². The van der Waals surface area contributed by atoms with Gasteiger partial charge in [0.15, 0.2) is 9.84 Å². The number of hydrogen-bond acceptors (Lipinski definition) is 4. The fraction of sp³-hybridized carbons (Fsp3) is 0.412. The van der Waals surface area contributed by atoms with Gasteiger partial charge in [-0.15, -0.1) is 0 Å². The SMILES string of the molecule is CCc1ccc(S(C)(=O)=O)cc1C(=O)Nc1c2c(nn1C)CCC2. The molecular weight excluding hydrogens is 326 g/mol. The molecule has 0 spiro atoms. The Hall–Kier alpha value is -2.15. The van der Waals surface area contributed by atoms with Crippen LogP contribution >= 0.6 is 0 Å². The van der Waals surface area contributed by atoms with Gasteiger partial charge in [0.1, 0.15) is 5.82 Å². The number of anilines is 1. The Morgan fingerprint density at radius 1 is 1.33 bits per heavy atom. The Morgan fingerprint density at radius 2 is 2.08 bits per heavy atom. The second kappa shape index (κ2) is 6.05. The summed E-state index contributed by atoms with van der Waals surface area (Å²) in [5.74, 6) is 0.411. The summed E-state index contributed by atoms with van der Waals surface area (Å²) in [6.45, 7) is 1.94. The molecule has 128 valence electrons. The lowest BCUT2D eigenvalue weighted by Gasteiger charge is -2.12. The number of benzene rings is 1. The van der Waals surface area contributed by atoms with Crippen LogP contribution in [0.5, 0.6) is 0 Å². The average Bonchev–Trinajstić information content (AvgIpc) is 3.08. The highest BCUT2D eigenvalue weighted by molar-refractivity contribution is 7.90. The van der Waals surface area contributed by atoms with Gasteiger partial charge in [-0.05, 0) is 43.4 Å². The van der Waals surface area contributed by atoms with Gasteiger partial charge < -0.3 is 5.32 Å². The van der Waals surface area contributed by atoms with Crippen LogP contribution in [0, 0.1) is 0 Å². The summed E-state index contributed by atoms with van der Waals surface area (Å²) in [7, 11) is -1.55. The zero-order valence-corrected chi connectivity index (χ0v) is 14.9. The molecule has 1 aliphatic rings. The second-order valence-electron chi connectivity index (χ2n) is 6.15. The molecule has 0 radical (unpaired) electrons. The average molecular weight is 347 g/mol. The molecule has 0 bridgehead atoms. The fourth-order valence-electron chi connectivity index (χ4n) is 3.16. The van der Waals surface area contributed by atoms with Crippen molar-refractivity contribution in [2.75, 3.05) is 11.6 Å². The van der Waals surface area contributed by atoms with Gasteiger partial charge in [0.05, 0.1) is 10.6 Å². The van der Waals surface area contributed by atoms with Crippen LogP contribution in [0.1, 0.15) is 40.5 Å². The van der Waals surface area contributed by atoms with Crippen molar-refractivity contribution in [3.05, 3.63) is 40.6 Å². The summed E-state index contributed by atoms with van der Waals surface area (Å²) in [5, 5.41) is 7.37. The maximum atomic E-state index is 12.8. The van der Waals surface area contributed by atoms with E-state index in [1.165, 1.54) is 6.07 Å². The fourth-order valence-corrected chi connectivity index (χ4v) is 3.80. The third-order valence-corrected chi connectivity index (χ3v) is 5.55. The third-order valence-electron chi connectivity index (χ3n) is 4.44. The van der Waals surface area contributed by atoms with Crippen LogP contribution in [0.15, 0.2) is 23.1 Å². The third kappa shape index (κ3) is 2.96. The summed E-state index contributed by atoms with van der Waals surface area (Å²) >= 11 is 0. The minimum atomic E-state index is -3.36. The molecule has 0 aliphatic heterocycles. The molecule has 0 saturated heterocycles. The monoisotopic (exact) mass is 347 g/mol. The first kappa shape index (κ1) is 16.7. The van der Waals surface area contributed by atoms with Gasteiger partial charge in [0, 0.05) is 24.4 Å². The van der Waals surface area contributed by atoms with E-state index in [4.69, 9.17) is 0 Å². The minimum absolute atomic E-state index is 0.153. The molecule has 2 aromatic rings. The van der Waals surface area contributed by atoms with E-state index < -0.39 is 9.84 Å². The number of rotatable bonds is 4. The van der Waals surface area contributed by atoms with Crippen molar-refractivity contribution in [1.82, 2.24) is 9.78 Å². The lowest BCUT2D eigenvalue weighted by molar-refractivity contribution is 0.102. The summed E-state index contributed by atoms with van der Waals surface area (Å²) < 4.78 is 25.3. The van der Waals surface area contributed by atoms with E-state index in [0.717, 1.165) is 42.3 Å².